The van der Waals surface area contributed by atoms with Crippen LogP contribution in [0.1, 0.15) is 55.4 Å². The van der Waals surface area contributed by atoms with E-state index < -0.39 is 11.6 Å². The molecule has 0 bridgehead atoms. The molecule has 4 amide bonds. The molecule has 1 atom stereocenters. The van der Waals surface area contributed by atoms with Crippen LogP contribution in [0.25, 0.3) is 0 Å². The third-order valence-electron chi connectivity index (χ3n) is 5.79. The van der Waals surface area contributed by atoms with Crippen LogP contribution in [0.15, 0.2) is 23.1 Å². The van der Waals surface area contributed by atoms with Gasteiger partial charge in [-0.15, -0.1) is 11.3 Å². The number of imide groups is 1. The van der Waals surface area contributed by atoms with Gasteiger partial charge in [0.1, 0.15) is 12.1 Å². The van der Waals surface area contributed by atoms with Crippen molar-refractivity contribution >= 4 is 29.2 Å². The highest BCUT2D eigenvalue weighted by atomic mass is 32.1. The molecule has 0 aromatic carbocycles. The molecule has 2 aliphatic carbocycles. The highest BCUT2D eigenvalue weighted by molar-refractivity contribution is 7.10. The topological polar surface area (TPSA) is 78.5 Å². The smallest absolute Gasteiger partial charge is 0.325 e. The van der Waals surface area contributed by atoms with E-state index in [-0.39, 0.29) is 18.4 Å². The van der Waals surface area contributed by atoms with Crippen molar-refractivity contribution in [3.05, 3.63) is 33.5 Å². The van der Waals surface area contributed by atoms with Crippen LogP contribution in [0.3, 0.4) is 0 Å². The number of thiophene rings is 1. The standard InChI is InChI=1S/C20H25N3O3S/c24-17(21-11-8-14-5-2-1-3-6-14)13-23-18(25)20(22-19(23)26)10-4-7-16-15(20)9-12-27-16/h5,9,12H,1-4,6-8,10-11,13H2,(H,21,24)(H,22,26)/t20-/m1/s1. The summed E-state index contributed by atoms with van der Waals surface area (Å²) in [6, 6.07) is 1.46. The Balaban J connectivity index is 1.37. The summed E-state index contributed by atoms with van der Waals surface area (Å²) in [6.45, 7) is 0.332. The zero-order valence-corrected chi connectivity index (χ0v) is 16.2. The Morgan fingerprint density at radius 3 is 2.96 bits per heavy atom. The molecule has 6 nitrogen and oxygen atoms in total. The summed E-state index contributed by atoms with van der Waals surface area (Å²) < 4.78 is 0. The third-order valence-corrected chi connectivity index (χ3v) is 6.77. The minimum absolute atomic E-state index is 0.217. The van der Waals surface area contributed by atoms with Crippen molar-refractivity contribution in [3.8, 4) is 0 Å². The Bertz CT molecular complexity index is 800. The lowest BCUT2D eigenvalue weighted by molar-refractivity contribution is -0.135. The average Bonchev–Trinajstić information content (AvgIpc) is 3.24. The highest BCUT2D eigenvalue weighted by Crippen LogP contribution is 2.41. The molecule has 0 saturated carbocycles. The highest BCUT2D eigenvalue weighted by Gasteiger charge is 2.54. The summed E-state index contributed by atoms with van der Waals surface area (Å²) in [5.74, 6) is -0.578. The van der Waals surface area contributed by atoms with Crippen molar-refractivity contribution in [2.24, 2.45) is 0 Å². The zero-order chi connectivity index (χ0) is 18.9. The summed E-state index contributed by atoms with van der Waals surface area (Å²) in [7, 11) is 0. The molecule has 4 rings (SSSR count). The van der Waals surface area contributed by atoms with Gasteiger partial charge in [0.2, 0.25) is 5.91 Å². The fourth-order valence-corrected chi connectivity index (χ4v) is 5.38. The zero-order valence-electron chi connectivity index (χ0n) is 15.4. The minimum Gasteiger partial charge on any atom is -0.354 e. The number of allylic oxidation sites excluding steroid dienone is 1. The molecular weight excluding hydrogens is 362 g/mol. The van der Waals surface area contributed by atoms with E-state index in [0.29, 0.717) is 13.0 Å². The number of nitrogens with one attached hydrogen (secondary N) is 2. The van der Waals surface area contributed by atoms with Gasteiger partial charge >= 0.3 is 6.03 Å². The van der Waals surface area contributed by atoms with Crippen LogP contribution in [0.5, 0.6) is 0 Å². The number of carbonyl (C=O) groups is 3. The number of carbonyl (C=O) groups excluding carboxylic acids is 3. The van der Waals surface area contributed by atoms with Crippen molar-refractivity contribution in [1.29, 1.82) is 0 Å². The number of rotatable bonds is 5. The summed E-state index contributed by atoms with van der Waals surface area (Å²) in [4.78, 5) is 40.0. The van der Waals surface area contributed by atoms with Gasteiger partial charge in [-0.2, -0.15) is 0 Å². The van der Waals surface area contributed by atoms with E-state index in [0.717, 1.165) is 47.4 Å². The van der Waals surface area contributed by atoms with E-state index in [1.54, 1.807) is 11.3 Å². The van der Waals surface area contributed by atoms with Gasteiger partial charge < -0.3 is 10.6 Å². The Hall–Kier alpha value is -2.15. The number of urea groups is 1. The Kier molecular flexibility index (Phi) is 5.04. The largest absolute Gasteiger partial charge is 0.354 e. The summed E-state index contributed by atoms with van der Waals surface area (Å²) in [5, 5.41) is 7.70. The van der Waals surface area contributed by atoms with Gasteiger partial charge in [0.15, 0.2) is 0 Å². The van der Waals surface area contributed by atoms with Crippen LogP contribution in [0.4, 0.5) is 4.79 Å². The maximum absolute atomic E-state index is 13.1. The lowest BCUT2D eigenvalue weighted by Crippen LogP contribution is -2.46. The SMILES string of the molecule is O=C(CN1C(=O)N[C@@]2(CCCc3sccc32)C1=O)NCCC1=CCCCC1. The van der Waals surface area contributed by atoms with E-state index in [1.165, 1.54) is 18.4 Å². The van der Waals surface area contributed by atoms with Gasteiger partial charge in [-0.25, -0.2) is 4.79 Å². The van der Waals surface area contributed by atoms with Gasteiger partial charge in [-0.3, -0.25) is 14.5 Å². The predicted octanol–water partition coefficient (Wildman–Crippen LogP) is 2.84. The summed E-state index contributed by atoms with van der Waals surface area (Å²) >= 11 is 1.62. The molecule has 2 N–H and O–H groups in total. The lowest BCUT2D eigenvalue weighted by Gasteiger charge is -2.31. The Labute approximate surface area is 163 Å². The van der Waals surface area contributed by atoms with E-state index >= 15 is 0 Å². The second kappa shape index (κ2) is 7.46. The second-order valence-corrected chi connectivity index (χ2v) is 8.55. The van der Waals surface area contributed by atoms with E-state index in [1.807, 2.05) is 11.4 Å². The molecule has 7 heteroatoms. The van der Waals surface area contributed by atoms with Gasteiger partial charge in [-0.05, 0) is 62.8 Å². The van der Waals surface area contributed by atoms with Crippen molar-refractivity contribution in [2.45, 2.75) is 56.9 Å². The number of hydrogen-bond acceptors (Lipinski definition) is 4. The Morgan fingerprint density at radius 1 is 1.26 bits per heavy atom. The molecule has 1 saturated heterocycles. The second-order valence-electron chi connectivity index (χ2n) is 7.55. The monoisotopic (exact) mass is 387 g/mol. The fraction of sp³-hybridized carbons (Fsp3) is 0.550. The van der Waals surface area contributed by atoms with Crippen molar-refractivity contribution in [1.82, 2.24) is 15.5 Å². The van der Waals surface area contributed by atoms with E-state index in [9.17, 15) is 14.4 Å². The molecule has 1 aromatic rings. The summed E-state index contributed by atoms with van der Waals surface area (Å²) in [5.41, 5.74) is 1.32. The van der Waals surface area contributed by atoms with Gasteiger partial charge in [0, 0.05) is 17.0 Å². The first-order valence-corrected chi connectivity index (χ1v) is 10.6. The Morgan fingerprint density at radius 2 is 2.15 bits per heavy atom. The molecular formula is C20H25N3O3S. The van der Waals surface area contributed by atoms with Crippen LogP contribution in [0, 0.1) is 0 Å². The van der Waals surface area contributed by atoms with Crippen molar-refractivity contribution in [3.63, 3.8) is 0 Å². The number of fused-ring (bicyclic) bond motifs is 2. The number of aryl methyl sites for hydroxylation is 1. The van der Waals surface area contributed by atoms with Crippen LogP contribution in [-0.2, 0) is 21.5 Å². The van der Waals surface area contributed by atoms with Gasteiger partial charge in [-0.1, -0.05) is 11.6 Å². The first-order valence-electron chi connectivity index (χ1n) is 9.76. The maximum Gasteiger partial charge on any atom is 0.325 e. The first-order chi connectivity index (χ1) is 13.1. The minimum atomic E-state index is -0.974. The van der Waals surface area contributed by atoms with Crippen LogP contribution in [-0.4, -0.2) is 35.8 Å². The molecule has 1 fully saturated rings. The summed E-state index contributed by atoms with van der Waals surface area (Å²) in [6.07, 6.45) is 10.2. The van der Waals surface area contributed by atoms with Crippen molar-refractivity contribution in [2.75, 3.05) is 13.1 Å². The number of amides is 4. The van der Waals surface area contributed by atoms with Crippen molar-refractivity contribution < 1.29 is 14.4 Å². The number of hydrogen-bond donors (Lipinski definition) is 2. The molecule has 27 heavy (non-hydrogen) atoms. The van der Waals surface area contributed by atoms with Crippen LogP contribution < -0.4 is 10.6 Å². The maximum atomic E-state index is 13.1. The lowest BCUT2D eigenvalue weighted by atomic mass is 9.80. The first kappa shape index (κ1) is 18.2. The molecule has 0 radical (unpaired) electrons. The predicted molar refractivity (Wildman–Crippen MR) is 103 cm³/mol. The molecule has 0 unspecified atom stereocenters. The fourth-order valence-electron chi connectivity index (χ4n) is 4.38. The van der Waals surface area contributed by atoms with E-state index in [4.69, 9.17) is 0 Å². The normalized spacial score (nSPS) is 24.6. The molecule has 144 valence electrons. The van der Waals surface area contributed by atoms with Crippen LogP contribution in [0.2, 0.25) is 0 Å². The molecule has 1 aromatic heterocycles. The average molecular weight is 388 g/mol. The van der Waals surface area contributed by atoms with Crippen LogP contribution >= 0.6 is 11.3 Å². The number of nitrogens with zero attached hydrogens (tertiary/aromatic N) is 1. The quantitative estimate of drug-likeness (QED) is 0.602. The van der Waals surface area contributed by atoms with E-state index in [2.05, 4.69) is 16.7 Å². The van der Waals surface area contributed by atoms with Gasteiger partial charge in [0.25, 0.3) is 5.91 Å². The molecule has 1 aliphatic heterocycles. The van der Waals surface area contributed by atoms with Gasteiger partial charge in [0.05, 0.1) is 0 Å². The molecule has 2 heterocycles. The molecule has 3 aliphatic rings. The third kappa shape index (κ3) is 3.40. The molecule has 1 spiro atoms.